The Morgan fingerprint density at radius 2 is 2.00 bits per heavy atom. The maximum Gasteiger partial charge on any atom is 0.274 e. The van der Waals surface area contributed by atoms with E-state index in [9.17, 15) is 9.59 Å². The van der Waals surface area contributed by atoms with Crippen molar-refractivity contribution in [1.82, 2.24) is 10.5 Å². The molecule has 2 heterocycles. The molecule has 0 aliphatic carbocycles. The number of benzene rings is 1. The van der Waals surface area contributed by atoms with Crippen molar-refractivity contribution in [1.29, 1.82) is 0 Å². The molecule has 8 heteroatoms. The SMILES string of the molecule is Cl.O=C(C=Cc1cc2cc(NC(=O)c3ccccn3)ccc2s1)NO. The number of halogens is 1. The molecule has 0 aliphatic rings. The highest BCUT2D eigenvalue weighted by Crippen LogP contribution is 2.29. The molecule has 3 rings (SSSR count). The van der Waals surface area contributed by atoms with Crippen LogP contribution in [0.2, 0.25) is 0 Å². The second kappa shape index (κ2) is 8.39. The van der Waals surface area contributed by atoms with E-state index in [4.69, 9.17) is 5.21 Å². The van der Waals surface area contributed by atoms with Crippen molar-refractivity contribution in [2.45, 2.75) is 0 Å². The van der Waals surface area contributed by atoms with Gasteiger partial charge in [-0.25, -0.2) is 5.48 Å². The highest BCUT2D eigenvalue weighted by molar-refractivity contribution is 7.19. The summed E-state index contributed by atoms with van der Waals surface area (Å²) in [5.74, 6) is -0.860. The Morgan fingerprint density at radius 1 is 1.16 bits per heavy atom. The Kier molecular flexibility index (Phi) is 6.24. The van der Waals surface area contributed by atoms with Gasteiger partial charge in [-0.2, -0.15) is 0 Å². The van der Waals surface area contributed by atoms with Gasteiger partial charge >= 0.3 is 0 Å². The number of pyridine rings is 1. The summed E-state index contributed by atoms with van der Waals surface area (Å²) in [6, 6.07) is 12.6. The maximum absolute atomic E-state index is 12.1. The first-order valence-corrected chi connectivity index (χ1v) is 7.85. The van der Waals surface area contributed by atoms with Crippen molar-refractivity contribution in [2.75, 3.05) is 5.32 Å². The number of hydrogen-bond donors (Lipinski definition) is 3. The van der Waals surface area contributed by atoms with Crippen LogP contribution in [-0.4, -0.2) is 22.0 Å². The maximum atomic E-state index is 12.1. The highest BCUT2D eigenvalue weighted by atomic mass is 35.5. The van der Waals surface area contributed by atoms with Crippen LogP contribution in [0.25, 0.3) is 16.2 Å². The summed E-state index contributed by atoms with van der Waals surface area (Å²) in [6.07, 6.45) is 4.43. The predicted molar refractivity (Wildman–Crippen MR) is 100 cm³/mol. The van der Waals surface area contributed by atoms with Crippen molar-refractivity contribution in [3.63, 3.8) is 0 Å². The summed E-state index contributed by atoms with van der Waals surface area (Å²) in [4.78, 5) is 28.0. The number of fused-ring (bicyclic) bond motifs is 1. The summed E-state index contributed by atoms with van der Waals surface area (Å²) >= 11 is 1.50. The summed E-state index contributed by atoms with van der Waals surface area (Å²) in [7, 11) is 0. The third kappa shape index (κ3) is 4.63. The predicted octanol–water partition coefficient (Wildman–Crippen LogP) is 3.49. The van der Waals surface area contributed by atoms with Gasteiger partial charge in [0, 0.05) is 27.5 Å². The van der Waals surface area contributed by atoms with Gasteiger partial charge in [0.05, 0.1) is 0 Å². The first-order chi connectivity index (χ1) is 11.7. The molecule has 0 spiro atoms. The van der Waals surface area contributed by atoms with E-state index in [-0.39, 0.29) is 18.3 Å². The molecule has 0 bridgehead atoms. The topological polar surface area (TPSA) is 91.3 Å². The van der Waals surface area contributed by atoms with Gasteiger partial charge in [-0.15, -0.1) is 23.7 Å². The number of nitrogens with zero attached hydrogens (tertiary/aromatic N) is 1. The molecule has 128 valence electrons. The van der Waals surface area contributed by atoms with Crippen LogP contribution >= 0.6 is 23.7 Å². The summed E-state index contributed by atoms with van der Waals surface area (Å²) in [5, 5.41) is 12.2. The second-order valence-electron chi connectivity index (χ2n) is 4.88. The van der Waals surface area contributed by atoms with E-state index >= 15 is 0 Å². The lowest BCUT2D eigenvalue weighted by molar-refractivity contribution is -0.124. The van der Waals surface area contributed by atoms with Crippen LogP contribution in [0.3, 0.4) is 0 Å². The van der Waals surface area contributed by atoms with Gasteiger partial charge in [-0.05, 0) is 47.9 Å². The van der Waals surface area contributed by atoms with Gasteiger partial charge in [0.25, 0.3) is 11.8 Å². The molecule has 0 aliphatic heterocycles. The minimum Gasteiger partial charge on any atom is -0.321 e. The molecule has 2 amide bonds. The zero-order chi connectivity index (χ0) is 16.9. The Hall–Kier alpha value is -2.74. The van der Waals surface area contributed by atoms with E-state index in [1.165, 1.54) is 17.4 Å². The monoisotopic (exact) mass is 375 g/mol. The third-order valence-electron chi connectivity index (χ3n) is 3.20. The van der Waals surface area contributed by atoms with Crippen LogP contribution in [0.4, 0.5) is 5.69 Å². The lowest BCUT2D eigenvalue weighted by Crippen LogP contribution is -2.14. The van der Waals surface area contributed by atoms with E-state index in [2.05, 4.69) is 10.3 Å². The minimum atomic E-state index is -0.587. The molecule has 0 radical (unpaired) electrons. The smallest absolute Gasteiger partial charge is 0.274 e. The van der Waals surface area contributed by atoms with Gasteiger partial charge < -0.3 is 5.32 Å². The van der Waals surface area contributed by atoms with Crippen molar-refractivity contribution in [3.8, 4) is 0 Å². The Morgan fingerprint density at radius 3 is 2.72 bits per heavy atom. The summed E-state index contributed by atoms with van der Waals surface area (Å²) < 4.78 is 1.02. The number of hydrogen-bond acceptors (Lipinski definition) is 5. The van der Waals surface area contributed by atoms with E-state index in [1.54, 1.807) is 36.0 Å². The molecule has 3 N–H and O–H groups in total. The van der Waals surface area contributed by atoms with Crippen molar-refractivity contribution in [3.05, 3.63) is 65.3 Å². The van der Waals surface area contributed by atoms with E-state index in [0.29, 0.717) is 11.4 Å². The van der Waals surface area contributed by atoms with E-state index < -0.39 is 5.91 Å². The first-order valence-electron chi connectivity index (χ1n) is 7.04. The van der Waals surface area contributed by atoms with Crippen molar-refractivity contribution < 1.29 is 14.8 Å². The van der Waals surface area contributed by atoms with E-state index in [1.807, 2.05) is 24.3 Å². The molecule has 6 nitrogen and oxygen atoms in total. The van der Waals surface area contributed by atoms with Crippen LogP contribution in [0.5, 0.6) is 0 Å². The lowest BCUT2D eigenvalue weighted by Gasteiger charge is -2.04. The van der Waals surface area contributed by atoms with Crippen LogP contribution in [-0.2, 0) is 4.79 Å². The molecular weight excluding hydrogens is 362 g/mol. The molecule has 25 heavy (non-hydrogen) atoms. The molecule has 0 saturated heterocycles. The number of hydroxylamine groups is 1. The fourth-order valence-electron chi connectivity index (χ4n) is 2.11. The van der Waals surface area contributed by atoms with Crippen LogP contribution in [0.1, 0.15) is 15.4 Å². The number of thiophene rings is 1. The quantitative estimate of drug-likeness (QED) is 0.370. The normalized spacial score (nSPS) is 10.4. The Labute approximate surface area is 153 Å². The third-order valence-corrected chi connectivity index (χ3v) is 4.28. The standard InChI is InChI=1S/C17H13N3O3S.ClH/c21-16(20-23)7-5-13-10-11-9-12(4-6-15(11)24-13)19-17(22)14-3-1-2-8-18-14;/h1-10,23H,(H,19,22)(H,20,21);1H. The van der Waals surface area contributed by atoms with Crippen molar-refractivity contribution >= 4 is 57.4 Å². The molecular formula is C17H14ClN3O3S. The lowest BCUT2D eigenvalue weighted by atomic mass is 10.2. The zero-order valence-corrected chi connectivity index (χ0v) is 14.4. The fraction of sp³-hybridized carbons (Fsp3) is 0. The highest BCUT2D eigenvalue weighted by Gasteiger charge is 2.08. The number of amides is 2. The van der Waals surface area contributed by atoms with Crippen molar-refractivity contribution in [2.24, 2.45) is 0 Å². The number of carbonyl (C=O) groups is 2. The fourth-order valence-corrected chi connectivity index (χ4v) is 3.06. The number of aromatic nitrogens is 1. The summed E-state index contributed by atoms with van der Waals surface area (Å²) in [6.45, 7) is 0. The Bertz CT molecular complexity index is 925. The van der Waals surface area contributed by atoms with E-state index in [0.717, 1.165) is 15.0 Å². The van der Waals surface area contributed by atoms with Gasteiger partial charge in [-0.3, -0.25) is 19.8 Å². The van der Waals surface area contributed by atoms with Gasteiger partial charge in [-0.1, -0.05) is 6.07 Å². The first kappa shape index (κ1) is 18.6. The number of anilines is 1. The van der Waals surface area contributed by atoms with Crippen LogP contribution < -0.4 is 10.8 Å². The molecule has 0 saturated carbocycles. The van der Waals surface area contributed by atoms with Crippen LogP contribution in [0, 0.1) is 0 Å². The molecule has 0 fully saturated rings. The number of carbonyl (C=O) groups excluding carboxylic acids is 2. The number of rotatable bonds is 4. The average Bonchev–Trinajstić information content (AvgIpc) is 3.02. The molecule has 2 aromatic heterocycles. The van der Waals surface area contributed by atoms with Crippen LogP contribution in [0.15, 0.2) is 54.7 Å². The Balaban J connectivity index is 0.00000225. The van der Waals surface area contributed by atoms with Gasteiger partial charge in [0.2, 0.25) is 0 Å². The zero-order valence-electron chi connectivity index (χ0n) is 12.8. The summed E-state index contributed by atoms with van der Waals surface area (Å²) in [5.41, 5.74) is 2.56. The molecule has 0 atom stereocenters. The molecule has 0 unspecified atom stereocenters. The molecule has 3 aromatic rings. The average molecular weight is 376 g/mol. The van der Waals surface area contributed by atoms with Gasteiger partial charge in [0.15, 0.2) is 0 Å². The number of nitrogens with one attached hydrogen (secondary N) is 2. The minimum absolute atomic E-state index is 0. The second-order valence-corrected chi connectivity index (χ2v) is 6.00. The van der Waals surface area contributed by atoms with Gasteiger partial charge in [0.1, 0.15) is 5.69 Å². The largest absolute Gasteiger partial charge is 0.321 e. The molecule has 1 aromatic carbocycles.